The van der Waals surface area contributed by atoms with Gasteiger partial charge in [-0.15, -0.1) is 0 Å². The van der Waals surface area contributed by atoms with Crippen LogP contribution in [-0.4, -0.2) is 35.9 Å². The molecule has 9 heteroatoms. The number of halogens is 1. The molecule has 1 aliphatic heterocycles. The molecule has 8 nitrogen and oxygen atoms in total. The second kappa shape index (κ2) is 8.16. The maximum atomic E-state index is 12.9. The summed E-state index contributed by atoms with van der Waals surface area (Å²) in [5.41, 5.74) is 0.737. The van der Waals surface area contributed by atoms with E-state index in [2.05, 4.69) is 10.1 Å². The summed E-state index contributed by atoms with van der Waals surface area (Å²) in [6, 6.07) is 14.4. The average molecular weight is 451 g/mol. The highest BCUT2D eigenvalue weighted by atomic mass is 35.5. The number of benzene rings is 3. The van der Waals surface area contributed by atoms with Crippen molar-refractivity contribution in [1.29, 1.82) is 0 Å². The van der Waals surface area contributed by atoms with E-state index in [1.807, 2.05) is 0 Å². The first-order valence-electron chi connectivity index (χ1n) is 9.32. The summed E-state index contributed by atoms with van der Waals surface area (Å²) >= 11 is 6.14. The van der Waals surface area contributed by atoms with Crippen LogP contribution in [0.1, 0.15) is 41.4 Å². The molecule has 1 aliphatic rings. The minimum absolute atomic E-state index is 0.0586. The van der Waals surface area contributed by atoms with Gasteiger partial charge in [0.05, 0.1) is 40.2 Å². The van der Waals surface area contributed by atoms with Gasteiger partial charge in [0.2, 0.25) is 0 Å². The van der Waals surface area contributed by atoms with Gasteiger partial charge < -0.3 is 15.2 Å². The van der Waals surface area contributed by atoms with E-state index in [1.165, 1.54) is 37.4 Å². The molecule has 3 aromatic carbocycles. The van der Waals surface area contributed by atoms with E-state index in [0.29, 0.717) is 0 Å². The minimum atomic E-state index is -0.636. The molecule has 3 amide bonds. The number of para-hydroxylation sites is 1. The Hall–Kier alpha value is -4.17. The predicted octanol–water partition coefficient (Wildman–Crippen LogP) is 3.89. The molecule has 4 rings (SSSR count). The predicted molar refractivity (Wildman–Crippen MR) is 116 cm³/mol. The first-order valence-corrected chi connectivity index (χ1v) is 9.69. The van der Waals surface area contributed by atoms with Crippen LogP contribution in [0, 0.1) is 0 Å². The van der Waals surface area contributed by atoms with Crippen molar-refractivity contribution in [3.8, 4) is 5.75 Å². The lowest BCUT2D eigenvalue weighted by Gasteiger charge is -2.15. The van der Waals surface area contributed by atoms with E-state index in [9.17, 15) is 24.3 Å². The normalized spacial score (nSPS) is 12.5. The minimum Gasteiger partial charge on any atom is -0.506 e. The fourth-order valence-electron chi connectivity index (χ4n) is 3.31. The zero-order valence-electron chi connectivity index (χ0n) is 16.6. The van der Waals surface area contributed by atoms with Gasteiger partial charge >= 0.3 is 5.97 Å². The SMILES string of the molecule is COC(=O)c1ccc(NC(=O)c2ccc3c(c2)C(=O)N(c2ccccc2Cl)C3=O)c(O)c1. The third-order valence-electron chi connectivity index (χ3n) is 4.91. The molecule has 32 heavy (non-hydrogen) atoms. The second-order valence-electron chi connectivity index (χ2n) is 6.84. The molecule has 0 spiro atoms. The number of aromatic hydroxyl groups is 1. The van der Waals surface area contributed by atoms with Crippen molar-refractivity contribution in [3.63, 3.8) is 0 Å². The summed E-state index contributed by atoms with van der Waals surface area (Å²) in [5.74, 6) is -2.73. The van der Waals surface area contributed by atoms with E-state index in [4.69, 9.17) is 11.6 Å². The zero-order chi connectivity index (χ0) is 23.0. The molecule has 0 unspecified atom stereocenters. The largest absolute Gasteiger partial charge is 0.506 e. The number of hydrogen-bond acceptors (Lipinski definition) is 6. The molecule has 3 aromatic rings. The standard InChI is InChI=1S/C23H15ClN2O6/c1-32-23(31)13-7-9-17(19(27)11-13)25-20(28)12-6-8-14-15(10-12)22(30)26(21(14)29)18-5-3-2-4-16(18)24/h2-11,27H,1H3,(H,25,28). The molecule has 0 radical (unpaired) electrons. The topological polar surface area (TPSA) is 113 Å². The first-order chi connectivity index (χ1) is 15.3. The van der Waals surface area contributed by atoms with Gasteiger partial charge in [-0.25, -0.2) is 9.69 Å². The molecule has 2 N–H and O–H groups in total. The maximum Gasteiger partial charge on any atom is 0.337 e. The number of phenolic OH excluding ortho intramolecular Hbond substituents is 1. The number of imide groups is 1. The van der Waals surface area contributed by atoms with Gasteiger partial charge in [0.1, 0.15) is 5.75 Å². The highest BCUT2D eigenvalue weighted by Gasteiger charge is 2.38. The summed E-state index contributed by atoms with van der Waals surface area (Å²) in [6.45, 7) is 0. The number of hydrogen-bond donors (Lipinski definition) is 2. The Morgan fingerprint density at radius 2 is 1.62 bits per heavy atom. The van der Waals surface area contributed by atoms with Crippen LogP contribution in [0.2, 0.25) is 5.02 Å². The number of ether oxygens (including phenoxy) is 1. The van der Waals surface area contributed by atoms with Crippen LogP contribution in [0.4, 0.5) is 11.4 Å². The number of carbonyl (C=O) groups is 4. The van der Waals surface area contributed by atoms with E-state index in [0.717, 1.165) is 11.0 Å². The van der Waals surface area contributed by atoms with Gasteiger partial charge in [-0.3, -0.25) is 14.4 Å². The van der Waals surface area contributed by atoms with Gasteiger partial charge in [-0.1, -0.05) is 23.7 Å². The van der Waals surface area contributed by atoms with Crippen LogP contribution in [0.25, 0.3) is 0 Å². The highest BCUT2D eigenvalue weighted by molar-refractivity contribution is 6.40. The molecule has 0 atom stereocenters. The number of amides is 3. The van der Waals surface area contributed by atoms with Gasteiger partial charge in [-0.05, 0) is 48.5 Å². The number of anilines is 2. The van der Waals surface area contributed by atoms with Gasteiger partial charge in [0, 0.05) is 5.56 Å². The lowest BCUT2D eigenvalue weighted by Crippen LogP contribution is -2.29. The van der Waals surface area contributed by atoms with Crippen molar-refractivity contribution in [1.82, 2.24) is 0 Å². The van der Waals surface area contributed by atoms with Gasteiger partial charge in [-0.2, -0.15) is 0 Å². The van der Waals surface area contributed by atoms with E-state index < -0.39 is 23.7 Å². The number of rotatable bonds is 4. The quantitative estimate of drug-likeness (QED) is 0.354. The third kappa shape index (κ3) is 3.57. The van der Waals surface area contributed by atoms with E-state index >= 15 is 0 Å². The Morgan fingerprint density at radius 1 is 0.938 bits per heavy atom. The molecule has 0 fully saturated rings. The Labute approximate surface area is 187 Å². The van der Waals surface area contributed by atoms with Crippen molar-refractivity contribution in [2.45, 2.75) is 0 Å². The smallest absolute Gasteiger partial charge is 0.337 e. The molecular weight excluding hydrogens is 436 g/mol. The zero-order valence-corrected chi connectivity index (χ0v) is 17.3. The lowest BCUT2D eigenvalue weighted by atomic mass is 10.1. The van der Waals surface area contributed by atoms with E-state index in [1.54, 1.807) is 24.3 Å². The molecule has 0 aliphatic carbocycles. The molecule has 1 heterocycles. The van der Waals surface area contributed by atoms with Crippen LogP contribution < -0.4 is 10.2 Å². The summed E-state index contributed by atoms with van der Waals surface area (Å²) in [5, 5.41) is 12.9. The lowest BCUT2D eigenvalue weighted by molar-refractivity contribution is 0.0600. The number of nitrogens with one attached hydrogen (secondary N) is 1. The average Bonchev–Trinajstić information content (AvgIpc) is 3.04. The Bertz CT molecular complexity index is 1300. The molecule has 160 valence electrons. The van der Waals surface area contributed by atoms with Crippen LogP contribution in [0.3, 0.4) is 0 Å². The Morgan fingerprint density at radius 3 is 2.31 bits per heavy atom. The van der Waals surface area contributed by atoms with Crippen molar-refractivity contribution < 1.29 is 29.0 Å². The number of fused-ring (bicyclic) bond motifs is 1. The van der Waals surface area contributed by atoms with Crippen molar-refractivity contribution in [2.24, 2.45) is 0 Å². The molecular formula is C23H15ClN2O6. The van der Waals surface area contributed by atoms with E-state index in [-0.39, 0.29) is 44.4 Å². The van der Waals surface area contributed by atoms with Crippen molar-refractivity contribution in [2.75, 3.05) is 17.3 Å². The van der Waals surface area contributed by atoms with Crippen LogP contribution in [0.5, 0.6) is 5.75 Å². The Kier molecular flexibility index (Phi) is 5.38. The molecule has 0 saturated heterocycles. The summed E-state index contributed by atoms with van der Waals surface area (Å²) in [7, 11) is 1.21. The van der Waals surface area contributed by atoms with Gasteiger partial charge in [0.25, 0.3) is 17.7 Å². The summed E-state index contributed by atoms with van der Waals surface area (Å²) in [4.78, 5) is 50.9. The van der Waals surface area contributed by atoms with Crippen LogP contribution in [-0.2, 0) is 4.74 Å². The first kappa shape index (κ1) is 21.1. The third-order valence-corrected chi connectivity index (χ3v) is 5.23. The van der Waals surface area contributed by atoms with Gasteiger partial charge in [0.15, 0.2) is 0 Å². The highest BCUT2D eigenvalue weighted by Crippen LogP contribution is 2.33. The fraction of sp³-hybridized carbons (Fsp3) is 0.0435. The van der Waals surface area contributed by atoms with Crippen LogP contribution in [0.15, 0.2) is 60.7 Å². The molecule has 0 aromatic heterocycles. The summed E-state index contributed by atoms with van der Waals surface area (Å²) in [6.07, 6.45) is 0. The summed E-state index contributed by atoms with van der Waals surface area (Å²) < 4.78 is 4.58. The number of esters is 1. The maximum absolute atomic E-state index is 12.9. The fourth-order valence-corrected chi connectivity index (χ4v) is 3.53. The number of carbonyl (C=O) groups excluding carboxylic acids is 4. The van der Waals surface area contributed by atoms with Crippen molar-refractivity contribution in [3.05, 3.63) is 87.9 Å². The Balaban J connectivity index is 1.60. The number of phenols is 1. The second-order valence-corrected chi connectivity index (χ2v) is 7.24. The monoisotopic (exact) mass is 450 g/mol. The van der Waals surface area contributed by atoms with Crippen molar-refractivity contribution >= 4 is 46.7 Å². The van der Waals surface area contributed by atoms with Crippen LogP contribution >= 0.6 is 11.6 Å². The molecule has 0 saturated carbocycles. The number of methoxy groups -OCH3 is 1. The number of nitrogens with zero attached hydrogens (tertiary/aromatic N) is 1. The molecule has 0 bridgehead atoms.